The molecular weight excluding hydrogens is 424 g/mol. The lowest BCUT2D eigenvalue weighted by molar-refractivity contribution is -0.119. The summed E-state index contributed by atoms with van der Waals surface area (Å²) < 4.78 is 31.9. The van der Waals surface area contributed by atoms with Gasteiger partial charge in [-0.1, -0.05) is 35.5 Å². The number of benzene rings is 2. The van der Waals surface area contributed by atoms with Gasteiger partial charge in [0, 0.05) is 18.2 Å². The van der Waals surface area contributed by atoms with Crippen LogP contribution in [-0.4, -0.2) is 24.6 Å². The van der Waals surface area contributed by atoms with Crippen LogP contribution in [0.4, 0.5) is 11.5 Å². The van der Waals surface area contributed by atoms with E-state index in [2.05, 4.69) is 20.5 Å². The van der Waals surface area contributed by atoms with Crippen molar-refractivity contribution < 1.29 is 17.7 Å². The highest BCUT2D eigenvalue weighted by atomic mass is 32.2. The molecule has 0 atom stereocenters. The number of aryl methyl sites for hydroxylation is 2. The van der Waals surface area contributed by atoms with Gasteiger partial charge in [0.25, 0.3) is 10.0 Å². The Bertz CT molecular complexity index is 1130. The van der Waals surface area contributed by atoms with Crippen molar-refractivity contribution in [3.8, 4) is 0 Å². The average Bonchev–Trinajstić information content (AvgIpc) is 3.11. The number of nitrogens with zero attached hydrogens (tertiary/aromatic N) is 1. The molecule has 156 valence electrons. The van der Waals surface area contributed by atoms with Crippen LogP contribution in [0.25, 0.3) is 0 Å². The summed E-state index contributed by atoms with van der Waals surface area (Å²) in [5.74, 6) is 0.392. The van der Waals surface area contributed by atoms with Crippen LogP contribution in [0.2, 0.25) is 0 Å². The molecule has 0 fully saturated rings. The number of thiocarbonyl (C=S) groups is 1. The number of sulfonamides is 1. The first-order valence-corrected chi connectivity index (χ1v) is 10.9. The number of hydrogen-bond acceptors (Lipinski definition) is 6. The molecule has 3 rings (SSSR count). The number of nitrogens with one attached hydrogen (secondary N) is 3. The first-order chi connectivity index (χ1) is 14.3. The van der Waals surface area contributed by atoms with E-state index in [1.54, 1.807) is 19.1 Å². The van der Waals surface area contributed by atoms with Gasteiger partial charge >= 0.3 is 0 Å². The van der Waals surface area contributed by atoms with E-state index in [1.807, 2.05) is 30.3 Å². The first kappa shape index (κ1) is 21.5. The van der Waals surface area contributed by atoms with Crippen molar-refractivity contribution in [2.24, 2.45) is 0 Å². The molecule has 0 aliphatic carbocycles. The molecule has 10 heteroatoms. The molecule has 1 heterocycles. The molecule has 0 radical (unpaired) electrons. The number of aromatic nitrogens is 1. The quantitative estimate of drug-likeness (QED) is 0.480. The van der Waals surface area contributed by atoms with Gasteiger partial charge in [-0.25, -0.2) is 8.42 Å². The summed E-state index contributed by atoms with van der Waals surface area (Å²) in [6.07, 6.45) is 0.913. The highest BCUT2D eigenvalue weighted by molar-refractivity contribution is 7.92. The highest BCUT2D eigenvalue weighted by Gasteiger charge is 2.16. The number of amides is 1. The molecule has 0 saturated carbocycles. The molecule has 1 aromatic heterocycles. The van der Waals surface area contributed by atoms with Gasteiger partial charge in [0.05, 0.1) is 4.90 Å². The van der Waals surface area contributed by atoms with E-state index in [-0.39, 0.29) is 21.7 Å². The van der Waals surface area contributed by atoms with Crippen LogP contribution in [0.5, 0.6) is 0 Å². The Balaban J connectivity index is 1.52. The smallest absolute Gasteiger partial charge is 0.263 e. The monoisotopic (exact) mass is 444 g/mol. The topological polar surface area (TPSA) is 113 Å². The third-order valence-corrected chi connectivity index (χ3v) is 5.60. The first-order valence-electron chi connectivity index (χ1n) is 9.03. The van der Waals surface area contributed by atoms with Crippen molar-refractivity contribution in [2.45, 2.75) is 24.7 Å². The van der Waals surface area contributed by atoms with Crippen molar-refractivity contribution in [3.05, 3.63) is 72.0 Å². The molecule has 0 saturated heterocycles. The van der Waals surface area contributed by atoms with E-state index in [4.69, 9.17) is 16.7 Å². The minimum atomic E-state index is -3.80. The number of carbonyl (C=O) groups is 1. The molecule has 1 amide bonds. The van der Waals surface area contributed by atoms with E-state index < -0.39 is 10.0 Å². The second-order valence-electron chi connectivity index (χ2n) is 6.44. The highest BCUT2D eigenvalue weighted by Crippen LogP contribution is 2.18. The number of hydrogen-bond donors (Lipinski definition) is 3. The summed E-state index contributed by atoms with van der Waals surface area (Å²) >= 11 is 5.15. The van der Waals surface area contributed by atoms with Crippen LogP contribution in [0, 0.1) is 6.92 Å². The fourth-order valence-corrected chi connectivity index (χ4v) is 3.80. The third kappa shape index (κ3) is 6.13. The van der Waals surface area contributed by atoms with Crippen LogP contribution in [0.1, 0.15) is 17.7 Å². The van der Waals surface area contributed by atoms with Crippen LogP contribution < -0.4 is 15.4 Å². The summed E-state index contributed by atoms with van der Waals surface area (Å²) in [5.41, 5.74) is 1.61. The van der Waals surface area contributed by atoms with Crippen LogP contribution in [-0.2, 0) is 21.2 Å². The van der Waals surface area contributed by atoms with E-state index >= 15 is 0 Å². The summed E-state index contributed by atoms with van der Waals surface area (Å²) in [6, 6.07) is 17.1. The van der Waals surface area contributed by atoms with Crippen molar-refractivity contribution in [1.29, 1.82) is 0 Å². The second kappa shape index (κ2) is 9.51. The normalized spacial score (nSPS) is 11.0. The molecule has 3 aromatic rings. The fraction of sp³-hybridized carbons (Fsp3) is 0.150. The predicted molar refractivity (Wildman–Crippen MR) is 118 cm³/mol. The van der Waals surface area contributed by atoms with Crippen molar-refractivity contribution in [2.75, 3.05) is 10.0 Å². The molecule has 3 N–H and O–H groups in total. The van der Waals surface area contributed by atoms with Gasteiger partial charge in [-0.15, -0.1) is 0 Å². The zero-order chi connectivity index (χ0) is 21.6. The Hall–Kier alpha value is -3.24. The number of anilines is 2. The molecule has 0 bridgehead atoms. The SMILES string of the molecule is Cc1cc(NS(=O)(=O)c2ccc(NC(=S)NC(=O)CCc3ccccc3)cc2)no1. The van der Waals surface area contributed by atoms with E-state index in [0.717, 1.165) is 5.56 Å². The Morgan fingerprint density at radius 2 is 1.80 bits per heavy atom. The van der Waals surface area contributed by atoms with Crippen LogP contribution in [0.15, 0.2) is 70.1 Å². The molecule has 0 unspecified atom stereocenters. The molecule has 0 aliphatic heterocycles. The molecular formula is C20H20N4O4S2. The van der Waals surface area contributed by atoms with Gasteiger partial charge in [0.15, 0.2) is 10.9 Å². The molecule has 0 spiro atoms. The lowest BCUT2D eigenvalue weighted by Crippen LogP contribution is -2.34. The lowest BCUT2D eigenvalue weighted by Gasteiger charge is -2.10. The Labute approximate surface area is 179 Å². The Morgan fingerprint density at radius 3 is 2.43 bits per heavy atom. The maximum atomic E-state index is 12.4. The Kier molecular flexibility index (Phi) is 6.80. The van der Waals surface area contributed by atoms with Gasteiger partial charge in [-0.05, 0) is 55.4 Å². The van der Waals surface area contributed by atoms with Gasteiger partial charge in [0.1, 0.15) is 5.76 Å². The largest absolute Gasteiger partial charge is 0.360 e. The number of carbonyl (C=O) groups excluding carboxylic acids is 1. The van der Waals surface area contributed by atoms with E-state index in [9.17, 15) is 13.2 Å². The summed E-state index contributed by atoms with van der Waals surface area (Å²) in [4.78, 5) is 12.1. The second-order valence-corrected chi connectivity index (χ2v) is 8.53. The van der Waals surface area contributed by atoms with Crippen LogP contribution >= 0.6 is 12.2 Å². The minimum Gasteiger partial charge on any atom is -0.360 e. The molecule has 30 heavy (non-hydrogen) atoms. The van der Waals surface area contributed by atoms with E-state index in [0.29, 0.717) is 24.3 Å². The lowest BCUT2D eigenvalue weighted by atomic mass is 10.1. The number of rotatable bonds is 7. The third-order valence-electron chi connectivity index (χ3n) is 4.03. The van der Waals surface area contributed by atoms with Gasteiger partial charge in [-0.3, -0.25) is 9.52 Å². The van der Waals surface area contributed by atoms with Gasteiger partial charge < -0.3 is 15.2 Å². The summed E-state index contributed by atoms with van der Waals surface area (Å²) in [6.45, 7) is 1.66. The maximum Gasteiger partial charge on any atom is 0.263 e. The van der Waals surface area contributed by atoms with E-state index in [1.165, 1.54) is 18.2 Å². The zero-order valence-corrected chi connectivity index (χ0v) is 17.7. The minimum absolute atomic E-state index is 0.0477. The van der Waals surface area contributed by atoms with Crippen LogP contribution in [0.3, 0.4) is 0 Å². The summed E-state index contributed by atoms with van der Waals surface area (Å²) in [5, 5.41) is 9.22. The van der Waals surface area contributed by atoms with Crippen molar-refractivity contribution in [1.82, 2.24) is 10.5 Å². The van der Waals surface area contributed by atoms with Gasteiger partial charge in [0.2, 0.25) is 5.91 Å². The Morgan fingerprint density at radius 1 is 1.10 bits per heavy atom. The maximum absolute atomic E-state index is 12.4. The predicted octanol–water partition coefficient (Wildman–Crippen LogP) is 3.23. The van der Waals surface area contributed by atoms with Crippen molar-refractivity contribution >= 4 is 44.8 Å². The average molecular weight is 445 g/mol. The molecule has 8 nitrogen and oxygen atoms in total. The molecule has 0 aliphatic rings. The zero-order valence-electron chi connectivity index (χ0n) is 16.1. The molecule has 2 aromatic carbocycles. The fourth-order valence-electron chi connectivity index (χ4n) is 2.58. The standard InChI is InChI=1S/C20H20N4O4S2/c1-14-13-18(23-28-14)24-30(26,27)17-10-8-16(9-11-17)21-20(29)22-19(25)12-7-15-5-3-2-4-6-15/h2-6,8-11,13H,7,12H2,1H3,(H,23,24)(H2,21,22,25,29). The summed E-state index contributed by atoms with van der Waals surface area (Å²) in [7, 11) is -3.80. The van der Waals surface area contributed by atoms with Gasteiger partial charge in [-0.2, -0.15) is 0 Å². The van der Waals surface area contributed by atoms with Crippen molar-refractivity contribution in [3.63, 3.8) is 0 Å².